The molecule has 0 unspecified atom stereocenters. The second-order valence-electron chi connectivity index (χ2n) is 5.73. The van der Waals surface area contributed by atoms with Crippen LogP contribution in [-0.4, -0.2) is 11.0 Å². The van der Waals surface area contributed by atoms with Gasteiger partial charge in [-0.05, 0) is 59.6 Å². The predicted octanol–water partition coefficient (Wildman–Crippen LogP) is 4.60. The first-order valence-corrected chi connectivity index (χ1v) is 9.05. The lowest BCUT2D eigenvalue weighted by Crippen LogP contribution is -2.43. The smallest absolute Gasteiger partial charge is 0.262 e. The van der Waals surface area contributed by atoms with Crippen LogP contribution in [0.1, 0.15) is 30.9 Å². The van der Waals surface area contributed by atoms with Gasteiger partial charge < -0.3 is 5.32 Å². The SMILES string of the molecule is CC(C)c1ccc(NC(=S)NNC(=O)/C=C/c2cccc(Br)c2)cc1. The lowest BCUT2D eigenvalue weighted by Gasteiger charge is -2.11. The van der Waals surface area contributed by atoms with Gasteiger partial charge in [0.25, 0.3) is 5.91 Å². The fraction of sp³-hybridized carbons (Fsp3) is 0.158. The first-order chi connectivity index (χ1) is 11.9. The van der Waals surface area contributed by atoms with Crippen LogP contribution < -0.4 is 16.2 Å². The molecule has 0 aromatic heterocycles. The summed E-state index contributed by atoms with van der Waals surface area (Å²) in [6, 6.07) is 15.7. The third-order valence-corrected chi connectivity index (χ3v) is 4.11. The molecule has 0 saturated carbocycles. The Morgan fingerprint density at radius 3 is 2.48 bits per heavy atom. The maximum Gasteiger partial charge on any atom is 0.262 e. The van der Waals surface area contributed by atoms with Crippen LogP contribution >= 0.6 is 28.1 Å². The van der Waals surface area contributed by atoms with E-state index in [1.807, 2.05) is 36.4 Å². The summed E-state index contributed by atoms with van der Waals surface area (Å²) in [6.07, 6.45) is 3.16. The lowest BCUT2D eigenvalue weighted by atomic mass is 10.0. The fourth-order valence-electron chi connectivity index (χ4n) is 2.06. The predicted molar refractivity (Wildman–Crippen MR) is 111 cm³/mol. The Hall–Kier alpha value is -2.18. The number of thiocarbonyl (C=S) groups is 1. The van der Waals surface area contributed by atoms with Gasteiger partial charge in [-0.1, -0.05) is 54.0 Å². The molecular formula is C19H20BrN3OS. The number of carbonyl (C=O) groups excluding carboxylic acids is 1. The van der Waals surface area contributed by atoms with Crippen molar-refractivity contribution in [2.24, 2.45) is 0 Å². The van der Waals surface area contributed by atoms with Gasteiger partial charge in [0.05, 0.1) is 0 Å². The largest absolute Gasteiger partial charge is 0.331 e. The van der Waals surface area contributed by atoms with Gasteiger partial charge >= 0.3 is 0 Å². The van der Waals surface area contributed by atoms with E-state index in [0.29, 0.717) is 11.0 Å². The first-order valence-electron chi connectivity index (χ1n) is 7.84. The van der Waals surface area contributed by atoms with E-state index in [0.717, 1.165) is 15.7 Å². The molecule has 0 atom stereocenters. The number of hydrogen-bond donors (Lipinski definition) is 3. The molecule has 3 N–H and O–H groups in total. The third kappa shape index (κ3) is 6.68. The molecule has 4 nitrogen and oxygen atoms in total. The van der Waals surface area contributed by atoms with Gasteiger partial charge in [0.1, 0.15) is 0 Å². The van der Waals surface area contributed by atoms with Crippen LogP contribution in [0.5, 0.6) is 0 Å². The summed E-state index contributed by atoms with van der Waals surface area (Å²) < 4.78 is 0.960. The molecule has 25 heavy (non-hydrogen) atoms. The van der Waals surface area contributed by atoms with Crippen molar-refractivity contribution >= 4 is 50.9 Å². The van der Waals surface area contributed by atoms with Gasteiger partial charge in [0, 0.05) is 16.2 Å². The second-order valence-corrected chi connectivity index (χ2v) is 7.06. The Kier molecular flexibility index (Phi) is 7.16. The van der Waals surface area contributed by atoms with Crippen molar-refractivity contribution in [3.8, 4) is 0 Å². The Morgan fingerprint density at radius 1 is 1.12 bits per heavy atom. The van der Waals surface area contributed by atoms with Gasteiger partial charge in [-0.2, -0.15) is 0 Å². The Balaban J connectivity index is 1.80. The molecule has 0 spiro atoms. The van der Waals surface area contributed by atoms with Crippen LogP contribution in [0.25, 0.3) is 6.08 Å². The van der Waals surface area contributed by atoms with E-state index < -0.39 is 0 Å². The number of amides is 1. The minimum Gasteiger partial charge on any atom is -0.331 e. The maximum atomic E-state index is 11.8. The summed E-state index contributed by atoms with van der Waals surface area (Å²) in [6.45, 7) is 4.29. The number of anilines is 1. The number of rotatable bonds is 4. The summed E-state index contributed by atoms with van der Waals surface area (Å²) in [5.41, 5.74) is 8.25. The highest BCUT2D eigenvalue weighted by molar-refractivity contribution is 9.10. The quantitative estimate of drug-likeness (QED) is 0.386. The highest BCUT2D eigenvalue weighted by atomic mass is 79.9. The Morgan fingerprint density at radius 2 is 1.84 bits per heavy atom. The fourth-order valence-corrected chi connectivity index (χ4v) is 2.64. The lowest BCUT2D eigenvalue weighted by molar-refractivity contribution is -0.116. The number of hydrazine groups is 1. The van der Waals surface area contributed by atoms with Crippen molar-refractivity contribution in [2.75, 3.05) is 5.32 Å². The standard InChI is InChI=1S/C19H20BrN3OS/c1-13(2)15-7-9-17(10-8-15)21-19(25)23-22-18(24)11-6-14-4-3-5-16(20)12-14/h3-13H,1-2H3,(H,22,24)(H2,21,23,25)/b11-6+. The van der Waals surface area contributed by atoms with Crippen LogP contribution in [0.4, 0.5) is 5.69 Å². The average Bonchev–Trinajstić information content (AvgIpc) is 2.58. The number of benzene rings is 2. The zero-order valence-corrected chi connectivity index (χ0v) is 16.4. The zero-order valence-electron chi connectivity index (χ0n) is 14.0. The van der Waals surface area contributed by atoms with Gasteiger partial charge in [-0.3, -0.25) is 15.6 Å². The number of carbonyl (C=O) groups is 1. The van der Waals surface area contributed by atoms with E-state index in [4.69, 9.17) is 12.2 Å². The highest BCUT2D eigenvalue weighted by Crippen LogP contribution is 2.17. The molecule has 6 heteroatoms. The van der Waals surface area contributed by atoms with Crippen LogP contribution in [0.3, 0.4) is 0 Å². The Labute approximate surface area is 161 Å². The van der Waals surface area contributed by atoms with E-state index >= 15 is 0 Å². The minimum absolute atomic E-state index is 0.292. The molecule has 0 bridgehead atoms. The average molecular weight is 418 g/mol. The Bertz CT molecular complexity index is 772. The summed E-state index contributed by atoms with van der Waals surface area (Å²) >= 11 is 8.56. The summed E-state index contributed by atoms with van der Waals surface area (Å²) in [4.78, 5) is 11.8. The summed E-state index contributed by atoms with van der Waals surface area (Å²) in [7, 11) is 0. The molecule has 1 amide bonds. The molecule has 130 valence electrons. The number of halogens is 1. The van der Waals surface area contributed by atoms with Crippen molar-refractivity contribution in [3.63, 3.8) is 0 Å². The molecule has 0 aliphatic heterocycles. The highest BCUT2D eigenvalue weighted by Gasteiger charge is 2.01. The number of nitrogens with one attached hydrogen (secondary N) is 3. The molecule has 0 aliphatic rings. The van der Waals surface area contributed by atoms with Crippen LogP contribution in [0, 0.1) is 0 Å². The number of hydrogen-bond acceptors (Lipinski definition) is 2. The van der Waals surface area contributed by atoms with Crippen molar-refractivity contribution in [3.05, 3.63) is 70.2 Å². The third-order valence-electron chi connectivity index (χ3n) is 3.41. The van der Waals surface area contributed by atoms with E-state index in [2.05, 4.69) is 58.1 Å². The van der Waals surface area contributed by atoms with Gasteiger partial charge in [-0.25, -0.2) is 0 Å². The van der Waals surface area contributed by atoms with E-state index in [1.54, 1.807) is 6.08 Å². The van der Waals surface area contributed by atoms with E-state index in [1.165, 1.54) is 11.6 Å². The van der Waals surface area contributed by atoms with Crippen molar-refractivity contribution in [1.82, 2.24) is 10.9 Å². The van der Waals surface area contributed by atoms with Crippen LogP contribution in [-0.2, 0) is 4.79 Å². The van der Waals surface area contributed by atoms with Crippen LogP contribution in [0.15, 0.2) is 59.1 Å². The monoisotopic (exact) mass is 417 g/mol. The molecule has 0 radical (unpaired) electrons. The van der Waals surface area contributed by atoms with Gasteiger partial charge in [0.15, 0.2) is 5.11 Å². The maximum absolute atomic E-state index is 11.8. The molecule has 0 fully saturated rings. The minimum atomic E-state index is -0.292. The van der Waals surface area contributed by atoms with Gasteiger partial charge in [0.2, 0.25) is 0 Å². The zero-order chi connectivity index (χ0) is 18.2. The molecule has 2 aromatic carbocycles. The van der Waals surface area contributed by atoms with Gasteiger partial charge in [-0.15, -0.1) is 0 Å². The topological polar surface area (TPSA) is 53.2 Å². The molecule has 2 aromatic rings. The van der Waals surface area contributed by atoms with Crippen molar-refractivity contribution in [2.45, 2.75) is 19.8 Å². The molecule has 2 rings (SSSR count). The molecular weight excluding hydrogens is 398 g/mol. The van der Waals surface area contributed by atoms with Crippen molar-refractivity contribution < 1.29 is 4.79 Å². The van der Waals surface area contributed by atoms with Crippen LogP contribution in [0.2, 0.25) is 0 Å². The van der Waals surface area contributed by atoms with E-state index in [-0.39, 0.29) is 5.91 Å². The van der Waals surface area contributed by atoms with E-state index in [9.17, 15) is 4.79 Å². The molecule has 0 aliphatic carbocycles. The summed E-state index contributed by atoms with van der Waals surface area (Å²) in [5, 5.41) is 3.34. The second kappa shape index (κ2) is 9.34. The van der Waals surface area contributed by atoms with Crippen molar-refractivity contribution in [1.29, 1.82) is 0 Å². The molecule has 0 heterocycles. The first kappa shape index (κ1) is 19.1. The molecule has 0 saturated heterocycles. The normalized spacial score (nSPS) is 10.7. The summed E-state index contributed by atoms with van der Waals surface area (Å²) in [5.74, 6) is 0.190.